The SMILES string of the molecule is CCOC(=O)C1=C(c2ccccc2)N=c2s/c(=C/c3ccc(OC)c(I)c3)c(=O)n2[C@H]1c1ccc(OC)c(OC)c1. The van der Waals surface area contributed by atoms with Crippen LogP contribution in [0.5, 0.6) is 17.2 Å². The molecule has 0 radical (unpaired) electrons. The van der Waals surface area contributed by atoms with Crippen LogP contribution in [0.15, 0.2) is 82.1 Å². The molecule has 5 rings (SSSR count). The zero-order valence-electron chi connectivity index (χ0n) is 22.8. The number of rotatable bonds is 8. The Morgan fingerprint density at radius 3 is 2.34 bits per heavy atom. The Morgan fingerprint density at radius 2 is 1.68 bits per heavy atom. The van der Waals surface area contributed by atoms with Crippen molar-refractivity contribution in [3.63, 3.8) is 0 Å². The highest BCUT2D eigenvalue weighted by Crippen LogP contribution is 2.38. The fourth-order valence-corrected chi connectivity index (χ4v) is 6.46. The van der Waals surface area contributed by atoms with Gasteiger partial charge in [-0.1, -0.05) is 53.8 Å². The molecule has 10 heteroatoms. The molecule has 210 valence electrons. The van der Waals surface area contributed by atoms with Crippen molar-refractivity contribution in [2.45, 2.75) is 13.0 Å². The molecule has 1 aromatic heterocycles. The summed E-state index contributed by atoms with van der Waals surface area (Å²) in [7, 11) is 4.72. The van der Waals surface area contributed by atoms with Gasteiger partial charge in [-0.05, 0) is 71.0 Å². The molecule has 1 aliphatic rings. The van der Waals surface area contributed by atoms with Gasteiger partial charge in [0.2, 0.25) is 0 Å². The van der Waals surface area contributed by atoms with E-state index in [1.165, 1.54) is 11.3 Å². The lowest BCUT2D eigenvalue weighted by Gasteiger charge is -2.26. The Kier molecular flexibility index (Phi) is 8.60. The van der Waals surface area contributed by atoms with Gasteiger partial charge in [0.25, 0.3) is 5.56 Å². The van der Waals surface area contributed by atoms with Gasteiger partial charge in [-0.2, -0.15) is 0 Å². The lowest BCUT2D eigenvalue weighted by molar-refractivity contribution is -0.138. The van der Waals surface area contributed by atoms with E-state index in [2.05, 4.69) is 22.6 Å². The number of ether oxygens (including phenoxy) is 4. The van der Waals surface area contributed by atoms with Crippen molar-refractivity contribution in [2.75, 3.05) is 27.9 Å². The fourth-order valence-electron chi connectivity index (χ4n) is 4.70. The van der Waals surface area contributed by atoms with E-state index >= 15 is 0 Å². The van der Waals surface area contributed by atoms with Crippen molar-refractivity contribution in [3.8, 4) is 17.2 Å². The third-order valence-corrected chi connectivity index (χ3v) is 8.40. The number of benzene rings is 3. The van der Waals surface area contributed by atoms with E-state index < -0.39 is 12.0 Å². The molecule has 4 aromatic rings. The van der Waals surface area contributed by atoms with Crippen LogP contribution in [-0.2, 0) is 9.53 Å². The average Bonchev–Trinajstić information content (AvgIpc) is 3.30. The number of methoxy groups -OCH3 is 3. The van der Waals surface area contributed by atoms with Gasteiger partial charge in [0.1, 0.15) is 5.75 Å². The standard InChI is InChI=1S/C31H27IN2O6S/c1-5-40-30(36)26-27(19-9-7-6-8-10-19)33-31-34(28(26)20-12-14-23(38-3)24(17-20)39-4)29(35)25(41-31)16-18-11-13-22(37-2)21(32)15-18/h6-17,28H,5H2,1-4H3/b25-16+/t28-/m0/s1. The molecular formula is C31H27IN2O6S. The van der Waals surface area contributed by atoms with Crippen molar-refractivity contribution >= 4 is 51.7 Å². The van der Waals surface area contributed by atoms with Crippen LogP contribution in [0.25, 0.3) is 11.8 Å². The second-order valence-electron chi connectivity index (χ2n) is 8.94. The van der Waals surface area contributed by atoms with Gasteiger partial charge in [-0.3, -0.25) is 9.36 Å². The summed E-state index contributed by atoms with van der Waals surface area (Å²) >= 11 is 3.47. The molecule has 0 unspecified atom stereocenters. The van der Waals surface area contributed by atoms with Crippen molar-refractivity contribution in [2.24, 2.45) is 4.99 Å². The molecule has 0 spiro atoms. The van der Waals surface area contributed by atoms with E-state index in [-0.39, 0.29) is 17.7 Å². The summed E-state index contributed by atoms with van der Waals surface area (Å²) in [5, 5.41) is 0. The van der Waals surface area contributed by atoms with Crippen LogP contribution in [0.2, 0.25) is 0 Å². The second kappa shape index (κ2) is 12.3. The molecule has 0 aliphatic carbocycles. The molecule has 0 saturated heterocycles. The predicted octanol–water partition coefficient (Wildman–Crippen LogP) is 4.57. The van der Waals surface area contributed by atoms with Gasteiger partial charge in [0.15, 0.2) is 16.3 Å². The first-order valence-electron chi connectivity index (χ1n) is 12.7. The summed E-state index contributed by atoms with van der Waals surface area (Å²) in [6.07, 6.45) is 1.83. The Balaban J connectivity index is 1.82. The van der Waals surface area contributed by atoms with Crippen molar-refractivity contribution < 1.29 is 23.7 Å². The summed E-state index contributed by atoms with van der Waals surface area (Å²) in [5.41, 5.74) is 2.69. The molecule has 3 aromatic carbocycles. The first-order valence-corrected chi connectivity index (χ1v) is 14.6. The summed E-state index contributed by atoms with van der Waals surface area (Å²) < 4.78 is 24.9. The average molecular weight is 683 g/mol. The molecule has 1 atom stereocenters. The molecule has 1 aliphatic heterocycles. The van der Waals surface area contributed by atoms with E-state index in [1.54, 1.807) is 45.0 Å². The molecule has 41 heavy (non-hydrogen) atoms. The van der Waals surface area contributed by atoms with Gasteiger partial charge in [0.05, 0.1) is 53.4 Å². The maximum atomic E-state index is 14.1. The van der Waals surface area contributed by atoms with Crippen LogP contribution in [0.3, 0.4) is 0 Å². The Hall–Kier alpha value is -3.90. The van der Waals surface area contributed by atoms with Gasteiger partial charge < -0.3 is 18.9 Å². The summed E-state index contributed by atoms with van der Waals surface area (Å²) in [4.78, 5) is 33.1. The normalized spacial score (nSPS) is 14.8. The maximum absolute atomic E-state index is 14.1. The van der Waals surface area contributed by atoms with Crippen molar-refractivity contribution in [1.29, 1.82) is 0 Å². The topological polar surface area (TPSA) is 88.4 Å². The molecule has 0 bridgehead atoms. The number of hydrogen-bond donors (Lipinski definition) is 0. The minimum absolute atomic E-state index is 0.170. The predicted molar refractivity (Wildman–Crippen MR) is 166 cm³/mol. The second-order valence-corrected chi connectivity index (χ2v) is 11.1. The summed E-state index contributed by atoms with van der Waals surface area (Å²) in [6, 6.07) is 19.7. The van der Waals surface area contributed by atoms with Crippen LogP contribution < -0.4 is 29.1 Å². The van der Waals surface area contributed by atoms with Gasteiger partial charge >= 0.3 is 5.97 Å². The smallest absolute Gasteiger partial charge is 0.338 e. The van der Waals surface area contributed by atoms with Crippen molar-refractivity contribution in [1.82, 2.24) is 4.57 Å². The number of thiazole rings is 1. The Labute approximate surface area is 254 Å². The maximum Gasteiger partial charge on any atom is 0.338 e. The van der Waals surface area contributed by atoms with Crippen LogP contribution in [0, 0.1) is 3.57 Å². The van der Waals surface area contributed by atoms with Gasteiger partial charge in [-0.15, -0.1) is 0 Å². The first-order chi connectivity index (χ1) is 19.9. The monoisotopic (exact) mass is 682 g/mol. The number of nitrogens with zero attached hydrogens (tertiary/aromatic N) is 2. The van der Waals surface area contributed by atoms with Crippen molar-refractivity contribution in [3.05, 3.63) is 112 Å². The van der Waals surface area contributed by atoms with Crippen LogP contribution in [0.4, 0.5) is 0 Å². The Bertz CT molecular complexity index is 1830. The highest BCUT2D eigenvalue weighted by atomic mass is 127. The molecule has 0 saturated carbocycles. The van der Waals surface area contributed by atoms with Crippen LogP contribution >= 0.6 is 33.9 Å². The van der Waals surface area contributed by atoms with E-state index in [0.29, 0.717) is 32.1 Å². The molecular weight excluding hydrogens is 655 g/mol. The number of aromatic nitrogens is 1. The third kappa shape index (κ3) is 5.53. The molecule has 2 heterocycles. The number of carbonyl (C=O) groups is 1. The summed E-state index contributed by atoms with van der Waals surface area (Å²) in [5.74, 6) is 1.21. The molecule has 0 amide bonds. The minimum Gasteiger partial charge on any atom is -0.496 e. The minimum atomic E-state index is -0.821. The highest BCUT2D eigenvalue weighted by Gasteiger charge is 2.35. The van der Waals surface area contributed by atoms with Crippen LogP contribution in [-0.4, -0.2) is 38.5 Å². The number of halogens is 1. The number of esters is 1. The quantitative estimate of drug-likeness (QED) is 0.200. The largest absolute Gasteiger partial charge is 0.496 e. The zero-order chi connectivity index (χ0) is 29.1. The Morgan fingerprint density at radius 1 is 0.976 bits per heavy atom. The van der Waals surface area contributed by atoms with E-state index in [0.717, 1.165) is 20.4 Å². The lowest BCUT2D eigenvalue weighted by Crippen LogP contribution is -2.40. The zero-order valence-corrected chi connectivity index (χ0v) is 25.8. The van der Waals surface area contributed by atoms with E-state index in [9.17, 15) is 9.59 Å². The number of fused-ring (bicyclic) bond motifs is 1. The fraction of sp³-hybridized carbons (Fsp3) is 0.194. The molecule has 0 N–H and O–H groups in total. The molecule has 0 fully saturated rings. The number of carbonyl (C=O) groups excluding carboxylic acids is 1. The first kappa shape index (κ1) is 28.6. The van der Waals surface area contributed by atoms with E-state index in [1.807, 2.05) is 60.7 Å². The van der Waals surface area contributed by atoms with Gasteiger partial charge in [0, 0.05) is 5.56 Å². The highest BCUT2D eigenvalue weighted by molar-refractivity contribution is 14.1. The molecule has 8 nitrogen and oxygen atoms in total. The summed E-state index contributed by atoms with van der Waals surface area (Å²) in [6.45, 7) is 1.92. The lowest BCUT2D eigenvalue weighted by atomic mass is 9.93. The number of hydrogen-bond acceptors (Lipinski definition) is 8. The van der Waals surface area contributed by atoms with Crippen LogP contribution in [0.1, 0.15) is 29.7 Å². The van der Waals surface area contributed by atoms with E-state index in [4.69, 9.17) is 23.9 Å². The third-order valence-electron chi connectivity index (χ3n) is 6.57. The van der Waals surface area contributed by atoms with Gasteiger partial charge in [-0.25, -0.2) is 9.79 Å².